The fourth-order valence-corrected chi connectivity index (χ4v) is 2.06. The first kappa shape index (κ1) is 10.2. The van der Waals surface area contributed by atoms with E-state index in [1.165, 1.54) is 5.56 Å². The maximum Gasteiger partial charge on any atom is 0.130 e. The molecular formula is C14H13N3. The molecule has 0 aliphatic carbocycles. The molecule has 2 aromatic carbocycles. The molecule has 84 valence electrons. The number of nitrogens with two attached hydrogens (primary N) is 1. The van der Waals surface area contributed by atoms with Crippen molar-refractivity contribution in [2.75, 3.05) is 6.67 Å². The quantitative estimate of drug-likeness (QED) is 0.812. The Morgan fingerprint density at radius 1 is 1.00 bits per heavy atom. The van der Waals surface area contributed by atoms with Crippen LogP contribution in [-0.2, 0) is 6.54 Å². The molecule has 0 bridgehead atoms. The number of benzene rings is 2. The van der Waals surface area contributed by atoms with Gasteiger partial charge in [0.25, 0.3) is 0 Å². The first-order valence-electron chi connectivity index (χ1n) is 5.66. The van der Waals surface area contributed by atoms with Crippen LogP contribution in [-0.4, -0.2) is 6.67 Å². The number of hydrogen-bond acceptors (Lipinski definition) is 3. The topological polar surface area (TPSA) is 50.7 Å². The summed E-state index contributed by atoms with van der Waals surface area (Å²) in [6, 6.07) is 14.4. The zero-order valence-electron chi connectivity index (χ0n) is 9.43. The largest absolute Gasteiger partial charge is 0.326 e. The minimum absolute atomic E-state index is 0.549. The Morgan fingerprint density at radius 3 is 2.59 bits per heavy atom. The Balaban J connectivity index is 2.17. The van der Waals surface area contributed by atoms with Crippen LogP contribution in [0.1, 0.15) is 5.56 Å². The van der Waals surface area contributed by atoms with E-state index in [1.807, 2.05) is 12.1 Å². The number of para-hydroxylation sites is 1. The maximum atomic E-state index is 5.60. The number of nitrogens with zero attached hydrogens (tertiary/aromatic N) is 2. The van der Waals surface area contributed by atoms with Crippen LogP contribution in [0.2, 0.25) is 0 Å². The van der Waals surface area contributed by atoms with E-state index in [0.29, 0.717) is 13.2 Å². The second-order valence-corrected chi connectivity index (χ2v) is 4.03. The average Bonchev–Trinajstić information content (AvgIpc) is 2.87. The third-order valence-electron chi connectivity index (χ3n) is 2.99. The molecule has 0 saturated carbocycles. The summed E-state index contributed by atoms with van der Waals surface area (Å²) in [5.41, 5.74) is 9.05. The summed E-state index contributed by atoms with van der Waals surface area (Å²) in [6.07, 6.45) is 0. The standard InChI is InChI=1S/C14H13N3/c15-8-10-4-6-11(7-5-10)12-2-1-3-13-14(12)17-9-16-13/h1-7H,8-9,15H2. The lowest BCUT2D eigenvalue weighted by atomic mass is 10.0. The number of rotatable bonds is 2. The normalized spacial score (nSPS) is 12.8. The van der Waals surface area contributed by atoms with Crippen LogP contribution >= 0.6 is 0 Å². The summed E-state index contributed by atoms with van der Waals surface area (Å²) in [6.45, 7) is 1.13. The third-order valence-corrected chi connectivity index (χ3v) is 2.99. The first-order valence-corrected chi connectivity index (χ1v) is 5.66. The Bertz CT molecular complexity index is 657. The predicted octanol–water partition coefficient (Wildman–Crippen LogP) is 1.02. The number of hydrogen-bond donors (Lipinski definition) is 1. The summed E-state index contributed by atoms with van der Waals surface area (Å²) >= 11 is 0. The molecule has 0 atom stereocenters. The Morgan fingerprint density at radius 2 is 1.82 bits per heavy atom. The van der Waals surface area contributed by atoms with E-state index >= 15 is 0 Å². The molecule has 1 aliphatic rings. The lowest BCUT2D eigenvalue weighted by Gasteiger charge is -2.02. The van der Waals surface area contributed by atoms with Gasteiger partial charge in [0.1, 0.15) is 6.67 Å². The number of fused-ring (bicyclic) bond motifs is 1. The van der Waals surface area contributed by atoms with Crippen molar-refractivity contribution < 1.29 is 0 Å². The molecule has 0 unspecified atom stereocenters. The molecule has 2 N–H and O–H groups in total. The lowest BCUT2D eigenvalue weighted by molar-refractivity contribution is 1.06. The second-order valence-electron chi connectivity index (χ2n) is 4.03. The zero-order valence-corrected chi connectivity index (χ0v) is 9.43. The van der Waals surface area contributed by atoms with Crippen molar-refractivity contribution >= 4 is 0 Å². The molecule has 0 fully saturated rings. The summed E-state index contributed by atoms with van der Waals surface area (Å²) in [5.74, 6) is 0. The van der Waals surface area contributed by atoms with E-state index in [2.05, 4.69) is 40.3 Å². The van der Waals surface area contributed by atoms with Crippen LogP contribution in [0.4, 0.5) is 0 Å². The van der Waals surface area contributed by atoms with Gasteiger partial charge in [0.15, 0.2) is 0 Å². The van der Waals surface area contributed by atoms with Crippen LogP contribution in [0.3, 0.4) is 0 Å². The maximum absolute atomic E-state index is 5.60. The van der Waals surface area contributed by atoms with Gasteiger partial charge in [-0.25, -0.2) is 0 Å². The van der Waals surface area contributed by atoms with Gasteiger partial charge in [0.2, 0.25) is 0 Å². The van der Waals surface area contributed by atoms with Crippen LogP contribution in [0.25, 0.3) is 11.1 Å². The van der Waals surface area contributed by atoms with Crippen LogP contribution in [0.5, 0.6) is 0 Å². The molecule has 17 heavy (non-hydrogen) atoms. The highest BCUT2D eigenvalue weighted by molar-refractivity contribution is 5.63. The summed E-state index contributed by atoms with van der Waals surface area (Å²) in [7, 11) is 0. The molecule has 3 rings (SSSR count). The van der Waals surface area contributed by atoms with Crippen molar-refractivity contribution in [2.24, 2.45) is 15.7 Å². The minimum Gasteiger partial charge on any atom is -0.326 e. The third kappa shape index (κ3) is 1.74. The van der Waals surface area contributed by atoms with Gasteiger partial charge in [-0.1, -0.05) is 36.4 Å². The molecule has 0 radical (unpaired) electrons. The molecule has 1 heterocycles. The van der Waals surface area contributed by atoms with Crippen molar-refractivity contribution in [2.45, 2.75) is 6.54 Å². The van der Waals surface area contributed by atoms with Gasteiger partial charge in [-0.3, -0.25) is 9.98 Å². The molecule has 0 aromatic heterocycles. The van der Waals surface area contributed by atoms with Crippen LogP contribution in [0.15, 0.2) is 52.4 Å². The lowest BCUT2D eigenvalue weighted by Crippen LogP contribution is -2.23. The average molecular weight is 223 g/mol. The molecule has 0 spiro atoms. The van der Waals surface area contributed by atoms with Gasteiger partial charge in [0.05, 0.1) is 10.7 Å². The zero-order chi connectivity index (χ0) is 11.7. The Hall–Kier alpha value is -2.00. The Labute approximate surface area is 99.3 Å². The molecule has 3 nitrogen and oxygen atoms in total. The highest BCUT2D eigenvalue weighted by atomic mass is 15.0. The van der Waals surface area contributed by atoms with E-state index in [4.69, 9.17) is 5.73 Å². The van der Waals surface area contributed by atoms with Gasteiger partial charge < -0.3 is 5.73 Å². The van der Waals surface area contributed by atoms with E-state index < -0.39 is 0 Å². The monoisotopic (exact) mass is 223 g/mol. The predicted molar refractivity (Wildman–Crippen MR) is 66.9 cm³/mol. The molecule has 0 amide bonds. The second kappa shape index (κ2) is 4.11. The van der Waals surface area contributed by atoms with Gasteiger partial charge in [-0.15, -0.1) is 0 Å². The highest BCUT2D eigenvalue weighted by Crippen LogP contribution is 2.15. The van der Waals surface area contributed by atoms with Gasteiger partial charge in [0, 0.05) is 12.1 Å². The summed E-state index contributed by atoms with van der Waals surface area (Å²) in [5, 5.41) is 2.00. The molecular weight excluding hydrogens is 210 g/mol. The van der Waals surface area contributed by atoms with Gasteiger partial charge in [-0.05, 0) is 17.2 Å². The molecule has 1 aliphatic heterocycles. The van der Waals surface area contributed by atoms with Gasteiger partial charge >= 0.3 is 0 Å². The van der Waals surface area contributed by atoms with Crippen molar-refractivity contribution in [3.63, 3.8) is 0 Å². The fraction of sp³-hybridized carbons (Fsp3) is 0.143. The molecule has 2 aromatic rings. The van der Waals surface area contributed by atoms with Crippen LogP contribution in [0, 0.1) is 0 Å². The van der Waals surface area contributed by atoms with E-state index in [1.54, 1.807) is 0 Å². The smallest absolute Gasteiger partial charge is 0.130 e. The van der Waals surface area contributed by atoms with Crippen molar-refractivity contribution in [1.82, 2.24) is 0 Å². The van der Waals surface area contributed by atoms with Crippen molar-refractivity contribution in [3.8, 4) is 11.1 Å². The first-order chi connectivity index (χ1) is 8.38. The van der Waals surface area contributed by atoms with Crippen molar-refractivity contribution in [1.29, 1.82) is 0 Å². The van der Waals surface area contributed by atoms with Crippen LogP contribution < -0.4 is 16.4 Å². The summed E-state index contributed by atoms with van der Waals surface area (Å²) < 4.78 is 0. The fourth-order valence-electron chi connectivity index (χ4n) is 2.06. The van der Waals surface area contributed by atoms with E-state index in [-0.39, 0.29) is 0 Å². The van der Waals surface area contributed by atoms with E-state index in [0.717, 1.165) is 21.8 Å². The molecule has 3 heteroatoms. The highest BCUT2D eigenvalue weighted by Gasteiger charge is 2.05. The minimum atomic E-state index is 0.549. The van der Waals surface area contributed by atoms with E-state index in [9.17, 15) is 0 Å². The molecule has 0 saturated heterocycles. The SMILES string of the molecule is NCc1ccc(-c2cccc3c2=NCN=3)cc1. The Kier molecular flexibility index (Phi) is 2.46. The van der Waals surface area contributed by atoms with Gasteiger partial charge in [-0.2, -0.15) is 0 Å². The summed E-state index contributed by atoms with van der Waals surface area (Å²) in [4.78, 5) is 8.76. The van der Waals surface area contributed by atoms with Crippen molar-refractivity contribution in [3.05, 3.63) is 58.7 Å².